The maximum atomic E-state index is 11.9. The lowest BCUT2D eigenvalue weighted by Gasteiger charge is -2.04. The summed E-state index contributed by atoms with van der Waals surface area (Å²) < 4.78 is 2.00. The van der Waals surface area contributed by atoms with E-state index in [2.05, 4.69) is 10.3 Å². The molecule has 0 aliphatic rings. The van der Waals surface area contributed by atoms with Gasteiger partial charge in [0.2, 0.25) is 5.91 Å². The molecule has 0 radical (unpaired) electrons. The van der Waals surface area contributed by atoms with Crippen molar-refractivity contribution in [1.29, 1.82) is 0 Å². The zero-order valence-electron chi connectivity index (χ0n) is 12.4. The van der Waals surface area contributed by atoms with E-state index < -0.39 is 0 Å². The van der Waals surface area contributed by atoms with Crippen molar-refractivity contribution in [1.82, 2.24) is 14.7 Å². The fraction of sp³-hybridized carbons (Fsp3) is 0.111. The monoisotopic (exact) mass is 291 g/mol. The van der Waals surface area contributed by atoms with Crippen LogP contribution >= 0.6 is 0 Å². The lowest BCUT2D eigenvalue weighted by molar-refractivity contribution is -0.116. The molecule has 0 aliphatic heterocycles. The van der Waals surface area contributed by atoms with Gasteiger partial charge in [-0.1, -0.05) is 36.4 Å². The minimum absolute atomic E-state index is 0.117. The third-order valence-electron chi connectivity index (χ3n) is 3.49. The van der Waals surface area contributed by atoms with Crippen molar-refractivity contribution in [3.8, 4) is 0 Å². The number of nitrogens with zero attached hydrogens (tertiary/aromatic N) is 2. The highest BCUT2D eigenvalue weighted by Gasteiger charge is 2.08. The summed E-state index contributed by atoms with van der Waals surface area (Å²) in [6.07, 6.45) is 5.31. The molecule has 4 heteroatoms. The second-order valence-electron chi connectivity index (χ2n) is 5.03. The van der Waals surface area contributed by atoms with Crippen LogP contribution in [0.15, 0.2) is 60.8 Å². The molecular formula is C18H17N3O. The van der Waals surface area contributed by atoms with Crippen LogP contribution in [0.25, 0.3) is 11.7 Å². The SMILES string of the molecule is Cc1nc2ccccn2c1CNC(=O)/C=C/c1ccccc1. The maximum absolute atomic E-state index is 11.9. The number of amides is 1. The fourth-order valence-electron chi connectivity index (χ4n) is 2.34. The summed E-state index contributed by atoms with van der Waals surface area (Å²) in [5.41, 5.74) is 3.82. The summed E-state index contributed by atoms with van der Waals surface area (Å²) >= 11 is 0. The molecule has 1 amide bonds. The second-order valence-corrected chi connectivity index (χ2v) is 5.03. The van der Waals surface area contributed by atoms with Gasteiger partial charge in [0.15, 0.2) is 0 Å². The Labute approximate surface area is 129 Å². The van der Waals surface area contributed by atoms with Gasteiger partial charge in [-0.3, -0.25) is 4.79 Å². The number of fused-ring (bicyclic) bond motifs is 1. The first-order valence-electron chi connectivity index (χ1n) is 7.17. The summed E-state index contributed by atoms with van der Waals surface area (Å²) in [5, 5.41) is 2.90. The average molecular weight is 291 g/mol. The quantitative estimate of drug-likeness (QED) is 0.751. The van der Waals surface area contributed by atoms with Gasteiger partial charge in [0.1, 0.15) is 5.65 Å². The normalized spacial score (nSPS) is 11.1. The molecule has 3 rings (SSSR count). The van der Waals surface area contributed by atoms with Crippen LogP contribution < -0.4 is 5.32 Å². The predicted octanol–water partition coefficient (Wildman–Crippen LogP) is 2.97. The average Bonchev–Trinajstić information content (AvgIpc) is 2.87. The highest BCUT2D eigenvalue weighted by atomic mass is 16.1. The highest BCUT2D eigenvalue weighted by Crippen LogP contribution is 2.11. The van der Waals surface area contributed by atoms with E-state index in [4.69, 9.17) is 0 Å². The van der Waals surface area contributed by atoms with Crippen LogP contribution in [0.3, 0.4) is 0 Å². The Bertz CT molecular complexity index is 819. The van der Waals surface area contributed by atoms with Crippen LogP contribution in [0.4, 0.5) is 0 Å². The summed E-state index contributed by atoms with van der Waals surface area (Å²) in [5.74, 6) is -0.117. The number of benzene rings is 1. The Balaban J connectivity index is 1.68. The molecular weight excluding hydrogens is 274 g/mol. The number of rotatable bonds is 4. The van der Waals surface area contributed by atoms with Gasteiger partial charge in [-0.2, -0.15) is 0 Å². The van der Waals surface area contributed by atoms with Crippen LogP contribution in [0.2, 0.25) is 0 Å². The molecule has 4 nitrogen and oxygen atoms in total. The van der Waals surface area contributed by atoms with Crippen molar-refractivity contribution in [3.63, 3.8) is 0 Å². The minimum atomic E-state index is -0.117. The molecule has 110 valence electrons. The molecule has 22 heavy (non-hydrogen) atoms. The van der Waals surface area contributed by atoms with E-state index in [1.807, 2.05) is 66.1 Å². The summed E-state index contributed by atoms with van der Waals surface area (Å²) in [4.78, 5) is 16.4. The number of carbonyl (C=O) groups excluding carboxylic acids is 1. The molecule has 2 aromatic heterocycles. The summed E-state index contributed by atoms with van der Waals surface area (Å²) in [6.45, 7) is 2.41. The van der Waals surface area contributed by atoms with Crippen molar-refractivity contribution in [2.24, 2.45) is 0 Å². The number of carbonyl (C=O) groups is 1. The van der Waals surface area contributed by atoms with Gasteiger partial charge in [0, 0.05) is 12.3 Å². The Hall–Kier alpha value is -2.88. The number of pyridine rings is 1. The van der Waals surface area contributed by atoms with Gasteiger partial charge < -0.3 is 9.72 Å². The van der Waals surface area contributed by atoms with Crippen molar-refractivity contribution < 1.29 is 4.79 Å². The Morgan fingerprint density at radius 1 is 1.18 bits per heavy atom. The summed E-state index contributed by atoms with van der Waals surface area (Å²) in [7, 11) is 0. The Morgan fingerprint density at radius 2 is 1.95 bits per heavy atom. The molecule has 0 fully saturated rings. The highest BCUT2D eigenvalue weighted by molar-refractivity contribution is 5.91. The first-order chi connectivity index (χ1) is 10.7. The van der Waals surface area contributed by atoms with Gasteiger partial charge in [-0.05, 0) is 30.7 Å². The maximum Gasteiger partial charge on any atom is 0.244 e. The first kappa shape index (κ1) is 14.1. The molecule has 3 aromatic rings. The number of imidazole rings is 1. The molecule has 0 aliphatic carbocycles. The topological polar surface area (TPSA) is 46.4 Å². The van der Waals surface area contributed by atoms with Gasteiger partial charge in [-0.15, -0.1) is 0 Å². The third-order valence-corrected chi connectivity index (χ3v) is 3.49. The Kier molecular flexibility index (Phi) is 4.01. The largest absolute Gasteiger partial charge is 0.347 e. The smallest absolute Gasteiger partial charge is 0.244 e. The molecule has 0 atom stereocenters. The second kappa shape index (κ2) is 6.26. The summed E-state index contributed by atoms with van der Waals surface area (Å²) in [6, 6.07) is 15.6. The molecule has 0 spiro atoms. The zero-order valence-corrected chi connectivity index (χ0v) is 12.4. The van der Waals surface area contributed by atoms with E-state index in [-0.39, 0.29) is 5.91 Å². The number of hydrogen-bond donors (Lipinski definition) is 1. The molecule has 1 N–H and O–H groups in total. The third kappa shape index (κ3) is 3.06. The van der Waals surface area contributed by atoms with Gasteiger partial charge in [0.25, 0.3) is 0 Å². The molecule has 2 heterocycles. The lowest BCUT2D eigenvalue weighted by Crippen LogP contribution is -2.21. The van der Waals surface area contributed by atoms with Crippen molar-refractivity contribution in [3.05, 3.63) is 77.8 Å². The zero-order chi connectivity index (χ0) is 15.4. The number of aromatic nitrogens is 2. The van der Waals surface area contributed by atoms with Crippen LogP contribution in [0.5, 0.6) is 0 Å². The minimum Gasteiger partial charge on any atom is -0.347 e. The Morgan fingerprint density at radius 3 is 2.77 bits per heavy atom. The molecule has 0 unspecified atom stereocenters. The lowest BCUT2D eigenvalue weighted by atomic mass is 10.2. The molecule has 0 saturated carbocycles. The van der Waals surface area contributed by atoms with E-state index in [9.17, 15) is 4.79 Å². The van der Waals surface area contributed by atoms with Crippen molar-refractivity contribution >= 4 is 17.6 Å². The standard InChI is InChI=1S/C18H17N3O/c1-14-16(21-12-6-5-9-17(21)20-14)13-19-18(22)11-10-15-7-3-2-4-8-15/h2-12H,13H2,1H3,(H,19,22)/b11-10+. The van der Waals surface area contributed by atoms with Gasteiger partial charge in [0.05, 0.1) is 17.9 Å². The number of nitrogens with one attached hydrogen (secondary N) is 1. The van der Waals surface area contributed by atoms with Crippen LogP contribution in [-0.4, -0.2) is 15.3 Å². The van der Waals surface area contributed by atoms with E-state index in [1.54, 1.807) is 12.2 Å². The number of hydrogen-bond acceptors (Lipinski definition) is 2. The van der Waals surface area contributed by atoms with Crippen LogP contribution in [-0.2, 0) is 11.3 Å². The predicted molar refractivity (Wildman–Crippen MR) is 87.3 cm³/mol. The van der Waals surface area contributed by atoms with Crippen LogP contribution in [0, 0.1) is 6.92 Å². The van der Waals surface area contributed by atoms with Crippen molar-refractivity contribution in [2.45, 2.75) is 13.5 Å². The molecule has 0 bridgehead atoms. The van der Waals surface area contributed by atoms with Crippen molar-refractivity contribution in [2.75, 3.05) is 0 Å². The molecule has 1 aromatic carbocycles. The molecule has 0 saturated heterocycles. The van der Waals surface area contributed by atoms with E-state index in [0.29, 0.717) is 6.54 Å². The number of aryl methyl sites for hydroxylation is 1. The van der Waals surface area contributed by atoms with E-state index >= 15 is 0 Å². The van der Waals surface area contributed by atoms with Crippen LogP contribution in [0.1, 0.15) is 17.0 Å². The van der Waals surface area contributed by atoms with E-state index in [0.717, 1.165) is 22.6 Å². The fourth-order valence-corrected chi connectivity index (χ4v) is 2.34. The van der Waals surface area contributed by atoms with Gasteiger partial charge in [-0.25, -0.2) is 4.98 Å². The van der Waals surface area contributed by atoms with E-state index in [1.165, 1.54) is 0 Å². The first-order valence-corrected chi connectivity index (χ1v) is 7.17. The van der Waals surface area contributed by atoms with Gasteiger partial charge >= 0.3 is 0 Å².